The van der Waals surface area contributed by atoms with E-state index in [0.717, 1.165) is 12.0 Å². The summed E-state index contributed by atoms with van der Waals surface area (Å²) in [6, 6.07) is 20.0. The van der Waals surface area contributed by atoms with Gasteiger partial charge < -0.3 is 14.6 Å². The number of hydrogen-bond acceptors (Lipinski definition) is 6. The van der Waals surface area contributed by atoms with Crippen molar-refractivity contribution in [1.29, 1.82) is 5.26 Å². The summed E-state index contributed by atoms with van der Waals surface area (Å²) >= 11 is 0. The minimum atomic E-state index is -0.905. The molecular weight excluding hydrogens is 480 g/mol. The summed E-state index contributed by atoms with van der Waals surface area (Å²) in [5, 5.41) is 20.7. The number of ketones is 1. The van der Waals surface area contributed by atoms with Gasteiger partial charge in [-0.25, -0.2) is 0 Å². The lowest BCUT2D eigenvalue weighted by molar-refractivity contribution is -0.132. The molecule has 1 fully saturated rings. The number of rotatable bonds is 8. The molecule has 4 rings (SSSR count). The number of hydrogen-bond donors (Lipinski definition) is 1. The lowest BCUT2D eigenvalue weighted by atomic mass is 9.93. The van der Waals surface area contributed by atoms with Gasteiger partial charge in [-0.05, 0) is 78.1 Å². The third kappa shape index (κ3) is 4.98. The van der Waals surface area contributed by atoms with Gasteiger partial charge in [-0.15, -0.1) is 0 Å². The Kier molecular flexibility index (Phi) is 7.82. The number of benzene rings is 3. The zero-order chi connectivity index (χ0) is 27.4. The third-order valence-electron chi connectivity index (χ3n) is 6.49. The van der Waals surface area contributed by atoms with Crippen LogP contribution in [-0.4, -0.2) is 30.5 Å². The van der Waals surface area contributed by atoms with Gasteiger partial charge in [0.2, 0.25) is 0 Å². The second-order valence-corrected chi connectivity index (χ2v) is 9.36. The second kappa shape index (κ2) is 11.2. The van der Waals surface area contributed by atoms with Crippen molar-refractivity contribution in [3.05, 3.63) is 94.6 Å². The predicted molar refractivity (Wildman–Crippen MR) is 145 cm³/mol. The number of ether oxygens (including phenoxy) is 2. The number of nitriles is 1. The van der Waals surface area contributed by atoms with Crippen LogP contribution in [0.3, 0.4) is 0 Å². The molecule has 0 spiro atoms. The van der Waals surface area contributed by atoms with E-state index in [-0.39, 0.29) is 17.3 Å². The van der Waals surface area contributed by atoms with Crippen LogP contribution in [0.5, 0.6) is 11.5 Å². The Morgan fingerprint density at radius 1 is 1.08 bits per heavy atom. The molecule has 1 N–H and O–H groups in total. The molecule has 0 saturated carbocycles. The van der Waals surface area contributed by atoms with Crippen molar-refractivity contribution in [2.24, 2.45) is 0 Å². The van der Waals surface area contributed by atoms with Crippen LogP contribution in [-0.2, 0) is 9.59 Å². The number of methoxy groups -OCH3 is 1. The molecule has 0 aliphatic carbocycles. The molecule has 0 radical (unpaired) electrons. The van der Waals surface area contributed by atoms with Crippen molar-refractivity contribution in [3.8, 4) is 17.6 Å². The monoisotopic (exact) mass is 510 g/mol. The molecule has 0 bridgehead atoms. The van der Waals surface area contributed by atoms with Crippen molar-refractivity contribution in [2.45, 2.75) is 39.2 Å². The minimum Gasteiger partial charge on any atom is -0.507 e. The molecule has 194 valence electrons. The maximum absolute atomic E-state index is 13.5. The molecule has 7 heteroatoms. The van der Waals surface area contributed by atoms with Crippen LogP contribution in [0.4, 0.5) is 5.69 Å². The molecule has 1 heterocycles. The standard InChI is InChI=1S/C31H30N2O5/c1-5-15-38-24-8-6-7-21(16-24)28-27(29(34)22-11-14-26(37-4)25(17-22)19(2)3)30(35)31(36)33(28)23-12-9-20(18-32)10-13-23/h6-14,16-17,19,28,34H,5,15H2,1-4H3/b29-27+. The maximum Gasteiger partial charge on any atom is 0.300 e. The minimum absolute atomic E-state index is 0.0214. The highest BCUT2D eigenvalue weighted by Gasteiger charge is 2.47. The van der Waals surface area contributed by atoms with Crippen molar-refractivity contribution in [2.75, 3.05) is 18.6 Å². The molecule has 1 amide bonds. The number of carbonyl (C=O) groups is 2. The summed E-state index contributed by atoms with van der Waals surface area (Å²) in [5.74, 6) is -0.457. The summed E-state index contributed by atoms with van der Waals surface area (Å²) in [6.45, 7) is 6.54. The van der Waals surface area contributed by atoms with Gasteiger partial charge in [0.15, 0.2) is 0 Å². The number of nitrogens with zero attached hydrogens (tertiary/aromatic N) is 2. The molecule has 1 unspecified atom stereocenters. The van der Waals surface area contributed by atoms with Crippen LogP contribution in [0, 0.1) is 11.3 Å². The van der Waals surface area contributed by atoms with Crippen LogP contribution in [0.1, 0.15) is 61.4 Å². The van der Waals surface area contributed by atoms with Crippen molar-refractivity contribution < 1.29 is 24.2 Å². The van der Waals surface area contributed by atoms with Crippen molar-refractivity contribution in [3.63, 3.8) is 0 Å². The van der Waals surface area contributed by atoms with Gasteiger partial charge in [-0.2, -0.15) is 5.26 Å². The van der Waals surface area contributed by atoms with Crippen LogP contribution in [0.25, 0.3) is 5.76 Å². The first kappa shape index (κ1) is 26.5. The van der Waals surface area contributed by atoms with Gasteiger partial charge in [0.05, 0.1) is 37.0 Å². The molecule has 3 aromatic carbocycles. The van der Waals surface area contributed by atoms with E-state index in [4.69, 9.17) is 9.47 Å². The van der Waals surface area contributed by atoms with E-state index in [1.54, 1.807) is 67.8 Å². The van der Waals surface area contributed by atoms with Crippen LogP contribution in [0.2, 0.25) is 0 Å². The summed E-state index contributed by atoms with van der Waals surface area (Å²) < 4.78 is 11.3. The Bertz CT molecular complexity index is 1430. The Labute approximate surface area is 222 Å². The first-order chi connectivity index (χ1) is 18.3. The van der Waals surface area contributed by atoms with E-state index in [1.165, 1.54) is 4.90 Å². The zero-order valence-corrected chi connectivity index (χ0v) is 21.9. The average Bonchev–Trinajstić information content (AvgIpc) is 3.21. The molecule has 38 heavy (non-hydrogen) atoms. The predicted octanol–water partition coefficient (Wildman–Crippen LogP) is 6.11. The fourth-order valence-electron chi connectivity index (χ4n) is 4.59. The van der Waals surface area contributed by atoms with Gasteiger partial charge in [0.25, 0.3) is 11.7 Å². The lowest BCUT2D eigenvalue weighted by Gasteiger charge is -2.26. The Morgan fingerprint density at radius 2 is 1.82 bits per heavy atom. The maximum atomic E-state index is 13.5. The number of carbonyl (C=O) groups excluding carboxylic acids is 2. The largest absolute Gasteiger partial charge is 0.507 e. The van der Waals surface area contributed by atoms with Crippen LogP contribution >= 0.6 is 0 Å². The Hall–Kier alpha value is -4.57. The number of aliphatic hydroxyl groups is 1. The molecule has 1 aliphatic heterocycles. The average molecular weight is 511 g/mol. The molecule has 1 saturated heterocycles. The van der Waals surface area contributed by atoms with E-state index < -0.39 is 17.7 Å². The number of aliphatic hydroxyl groups excluding tert-OH is 1. The first-order valence-electron chi connectivity index (χ1n) is 12.5. The van der Waals surface area contributed by atoms with E-state index >= 15 is 0 Å². The van der Waals surface area contributed by atoms with Gasteiger partial charge in [0.1, 0.15) is 17.3 Å². The second-order valence-electron chi connectivity index (χ2n) is 9.36. The Balaban J connectivity index is 1.93. The lowest BCUT2D eigenvalue weighted by Crippen LogP contribution is -2.29. The Morgan fingerprint density at radius 3 is 2.45 bits per heavy atom. The number of anilines is 1. The molecular formula is C31H30N2O5. The van der Waals surface area contributed by atoms with E-state index in [0.29, 0.717) is 40.5 Å². The van der Waals surface area contributed by atoms with Crippen LogP contribution < -0.4 is 14.4 Å². The third-order valence-corrected chi connectivity index (χ3v) is 6.49. The zero-order valence-electron chi connectivity index (χ0n) is 21.9. The van der Waals surface area contributed by atoms with Gasteiger partial charge in [-0.1, -0.05) is 32.9 Å². The van der Waals surface area contributed by atoms with E-state index in [1.807, 2.05) is 26.8 Å². The molecule has 3 aromatic rings. The summed E-state index contributed by atoms with van der Waals surface area (Å²) in [7, 11) is 1.58. The fourth-order valence-corrected chi connectivity index (χ4v) is 4.59. The summed E-state index contributed by atoms with van der Waals surface area (Å²) in [4.78, 5) is 28.3. The molecule has 7 nitrogen and oxygen atoms in total. The van der Waals surface area contributed by atoms with Crippen molar-refractivity contribution in [1.82, 2.24) is 0 Å². The summed E-state index contributed by atoms with van der Waals surface area (Å²) in [6.07, 6.45) is 0.823. The van der Waals surface area contributed by atoms with E-state index in [2.05, 4.69) is 6.07 Å². The SMILES string of the molecule is CCCOc1cccc(C2/C(=C(\O)c3ccc(OC)c(C(C)C)c3)C(=O)C(=O)N2c2ccc(C#N)cc2)c1. The smallest absolute Gasteiger partial charge is 0.300 e. The van der Waals surface area contributed by atoms with Gasteiger partial charge in [-0.3, -0.25) is 14.5 Å². The topological polar surface area (TPSA) is 99.9 Å². The highest BCUT2D eigenvalue weighted by molar-refractivity contribution is 6.51. The van der Waals surface area contributed by atoms with Gasteiger partial charge in [0, 0.05) is 11.3 Å². The molecule has 1 atom stereocenters. The summed E-state index contributed by atoms with van der Waals surface area (Å²) in [5.41, 5.74) is 2.73. The highest BCUT2D eigenvalue weighted by Crippen LogP contribution is 2.43. The first-order valence-corrected chi connectivity index (χ1v) is 12.5. The number of amides is 1. The van der Waals surface area contributed by atoms with Crippen LogP contribution in [0.15, 0.2) is 72.3 Å². The quantitative estimate of drug-likeness (QED) is 0.223. The number of Topliss-reactive ketones (excluding diaryl/α,β-unsaturated/α-hetero) is 1. The highest BCUT2D eigenvalue weighted by atomic mass is 16.5. The molecule has 0 aromatic heterocycles. The fraction of sp³-hybridized carbons (Fsp3) is 0.258. The normalized spacial score (nSPS) is 16.5. The molecule has 1 aliphatic rings. The van der Waals surface area contributed by atoms with E-state index in [9.17, 15) is 20.0 Å². The van der Waals surface area contributed by atoms with Gasteiger partial charge >= 0.3 is 0 Å². The van der Waals surface area contributed by atoms with Crippen molar-refractivity contribution >= 4 is 23.1 Å².